The standard InChI is InChI=1S/C18H19N5O2S/c1-18(5-6-26-17(20)23-18)12-4-2-3-11(7-12)8-15(24)13-9-22-14(10-21-13)16(19)25/h2-4,7,9-10H,5-6,8H2,1H3,(H2,19,25)(H2,20,23)/t18-/m0/s1. The Morgan fingerprint density at radius 1 is 1.23 bits per heavy atom. The molecule has 0 saturated heterocycles. The number of hydrogen-bond donors (Lipinski definition) is 2. The summed E-state index contributed by atoms with van der Waals surface area (Å²) in [5.74, 6) is 0.0533. The van der Waals surface area contributed by atoms with Crippen LogP contribution in [0.2, 0.25) is 0 Å². The second kappa shape index (κ2) is 7.25. The molecule has 2 heterocycles. The maximum Gasteiger partial charge on any atom is 0.268 e. The van der Waals surface area contributed by atoms with E-state index in [4.69, 9.17) is 11.5 Å². The summed E-state index contributed by atoms with van der Waals surface area (Å²) in [7, 11) is 0. The molecule has 1 amide bonds. The number of hydrogen-bond acceptors (Lipinski definition) is 7. The molecule has 26 heavy (non-hydrogen) atoms. The summed E-state index contributed by atoms with van der Waals surface area (Å²) in [6.07, 6.45) is 3.55. The lowest BCUT2D eigenvalue weighted by Gasteiger charge is -2.30. The molecule has 0 unspecified atom stereocenters. The Balaban J connectivity index is 1.79. The van der Waals surface area contributed by atoms with E-state index in [1.165, 1.54) is 12.4 Å². The van der Waals surface area contributed by atoms with Crippen LogP contribution in [0.3, 0.4) is 0 Å². The SMILES string of the molecule is C[C@@]1(c2cccc(CC(=O)c3cnc(C(N)=O)cn3)c2)CCSC(N)=N1. The normalized spacial score (nSPS) is 19.7. The smallest absolute Gasteiger partial charge is 0.268 e. The van der Waals surface area contributed by atoms with Crippen molar-refractivity contribution in [2.24, 2.45) is 16.5 Å². The third-order valence-corrected chi connectivity index (χ3v) is 5.09. The van der Waals surface area contributed by atoms with Crippen LogP contribution >= 0.6 is 11.8 Å². The van der Waals surface area contributed by atoms with Crippen molar-refractivity contribution in [1.29, 1.82) is 0 Å². The van der Waals surface area contributed by atoms with Gasteiger partial charge >= 0.3 is 0 Å². The molecule has 0 saturated carbocycles. The van der Waals surface area contributed by atoms with E-state index in [2.05, 4.69) is 21.9 Å². The van der Waals surface area contributed by atoms with Gasteiger partial charge < -0.3 is 11.5 Å². The number of carbonyl (C=O) groups is 2. The number of aromatic nitrogens is 2. The minimum absolute atomic E-state index is 0.0297. The van der Waals surface area contributed by atoms with Gasteiger partial charge in [0.05, 0.1) is 17.9 Å². The zero-order valence-corrected chi connectivity index (χ0v) is 15.1. The van der Waals surface area contributed by atoms with Gasteiger partial charge in [0.1, 0.15) is 11.4 Å². The Morgan fingerprint density at radius 3 is 2.62 bits per heavy atom. The number of benzene rings is 1. The predicted molar refractivity (Wildman–Crippen MR) is 101 cm³/mol. The molecule has 1 aromatic heterocycles. The number of primary amides is 1. The van der Waals surface area contributed by atoms with Crippen molar-refractivity contribution in [3.63, 3.8) is 0 Å². The highest BCUT2D eigenvalue weighted by Gasteiger charge is 2.29. The fraction of sp³-hybridized carbons (Fsp3) is 0.278. The van der Waals surface area contributed by atoms with Gasteiger partial charge in [0.25, 0.3) is 5.91 Å². The van der Waals surface area contributed by atoms with Crippen LogP contribution in [-0.4, -0.2) is 32.6 Å². The largest absolute Gasteiger partial charge is 0.379 e. The number of amides is 1. The van der Waals surface area contributed by atoms with Gasteiger partial charge in [-0.15, -0.1) is 0 Å². The molecule has 1 aliphatic heterocycles. The summed E-state index contributed by atoms with van der Waals surface area (Å²) >= 11 is 1.56. The molecule has 8 heteroatoms. The van der Waals surface area contributed by atoms with Crippen molar-refractivity contribution in [2.75, 3.05) is 5.75 Å². The molecular weight excluding hydrogens is 350 g/mol. The molecule has 0 spiro atoms. The Labute approximate surface area is 155 Å². The van der Waals surface area contributed by atoms with Crippen LogP contribution in [0.5, 0.6) is 0 Å². The van der Waals surface area contributed by atoms with Crippen molar-refractivity contribution >= 4 is 28.6 Å². The van der Waals surface area contributed by atoms with Gasteiger partial charge in [-0.2, -0.15) is 0 Å². The van der Waals surface area contributed by atoms with E-state index < -0.39 is 5.91 Å². The molecular formula is C18H19N5O2S. The van der Waals surface area contributed by atoms with E-state index in [0.29, 0.717) is 5.17 Å². The van der Waals surface area contributed by atoms with Gasteiger partial charge in [0.15, 0.2) is 11.0 Å². The zero-order chi connectivity index (χ0) is 18.7. The number of thioether (sulfide) groups is 1. The fourth-order valence-electron chi connectivity index (χ4n) is 2.79. The summed E-state index contributed by atoms with van der Waals surface area (Å²) in [4.78, 5) is 35.9. The number of ketones is 1. The number of amidine groups is 1. The van der Waals surface area contributed by atoms with Gasteiger partial charge in [-0.1, -0.05) is 36.0 Å². The van der Waals surface area contributed by atoms with Gasteiger partial charge in [0, 0.05) is 12.2 Å². The highest BCUT2D eigenvalue weighted by Crippen LogP contribution is 2.35. The average Bonchev–Trinajstić information content (AvgIpc) is 2.62. The molecule has 7 nitrogen and oxygen atoms in total. The maximum atomic E-state index is 12.4. The molecule has 0 fully saturated rings. The molecule has 4 N–H and O–H groups in total. The molecule has 1 aromatic carbocycles. The van der Waals surface area contributed by atoms with Gasteiger partial charge in [0.2, 0.25) is 0 Å². The summed E-state index contributed by atoms with van der Waals surface area (Å²) in [6.45, 7) is 2.05. The third kappa shape index (κ3) is 3.91. The van der Waals surface area contributed by atoms with Crippen LogP contribution in [0.1, 0.15) is 45.4 Å². The van der Waals surface area contributed by atoms with E-state index in [1.54, 1.807) is 11.8 Å². The Kier molecular flexibility index (Phi) is 5.03. The van der Waals surface area contributed by atoms with Crippen LogP contribution < -0.4 is 11.5 Å². The van der Waals surface area contributed by atoms with Crippen LogP contribution in [0.25, 0.3) is 0 Å². The first-order chi connectivity index (χ1) is 12.4. The Bertz CT molecular complexity index is 881. The molecule has 1 atom stereocenters. The Hall–Kier alpha value is -2.74. The predicted octanol–water partition coefficient (Wildman–Crippen LogP) is 1.67. The lowest BCUT2D eigenvalue weighted by Crippen LogP contribution is -2.28. The molecule has 0 radical (unpaired) electrons. The number of aliphatic imine (C=N–C) groups is 1. The number of rotatable bonds is 5. The van der Waals surface area contributed by atoms with Crippen LogP contribution in [0.15, 0.2) is 41.7 Å². The van der Waals surface area contributed by atoms with Gasteiger partial charge in [-0.05, 0) is 24.5 Å². The number of nitrogens with two attached hydrogens (primary N) is 2. The lowest BCUT2D eigenvalue weighted by atomic mass is 9.88. The van der Waals surface area contributed by atoms with E-state index in [0.717, 1.165) is 23.3 Å². The zero-order valence-electron chi connectivity index (χ0n) is 14.3. The molecule has 0 aliphatic carbocycles. The molecule has 134 valence electrons. The molecule has 3 rings (SSSR count). The van der Waals surface area contributed by atoms with E-state index in [9.17, 15) is 9.59 Å². The fourth-order valence-corrected chi connectivity index (χ4v) is 3.76. The number of nitrogens with zero attached hydrogens (tertiary/aromatic N) is 3. The van der Waals surface area contributed by atoms with E-state index in [1.807, 2.05) is 24.3 Å². The van der Waals surface area contributed by atoms with Crippen molar-refractivity contribution in [3.05, 3.63) is 59.2 Å². The van der Waals surface area contributed by atoms with Crippen molar-refractivity contribution < 1.29 is 9.59 Å². The summed E-state index contributed by atoms with van der Waals surface area (Å²) < 4.78 is 0. The van der Waals surface area contributed by atoms with E-state index in [-0.39, 0.29) is 29.1 Å². The lowest BCUT2D eigenvalue weighted by molar-refractivity contribution is 0.0976. The topological polar surface area (TPSA) is 124 Å². The van der Waals surface area contributed by atoms with Gasteiger partial charge in [-0.25, -0.2) is 9.97 Å². The monoisotopic (exact) mass is 369 g/mol. The first-order valence-electron chi connectivity index (χ1n) is 8.10. The second-order valence-electron chi connectivity index (χ2n) is 6.27. The van der Waals surface area contributed by atoms with Crippen molar-refractivity contribution in [3.8, 4) is 0 Å². The van der Waals surface area contributed by atoms with Crippen LogP contribution in [0, 0.1) is 0 Å². The first kappa shape index (κ1) is 18.1. The second-order valence-corrected chi connectivity index (χ2v) is 7.39. The highest BCUT2D eigenvalue weighted by molar-refractivity contribution is 8.13. The minimum atomic E-state index is -0.678. The van der Waals surface area contributed by atoms with Crippen LogP contribution in [0.4, 0.5) is 0 Å². The number of Topliss-reactive ketones (excluding diaryl/α,β-unsaturated/α-hetero) is 1. The number of carbonyl (C=O) groups excluding carboxylic acids is 2. The van der Waals surface area contributed by atoms with Crippen molar-refractivity contribution in [2.45, 2.75) is 25.3 Å². The first-order valence-corrected chi connectivity index (χ1v) is 9.08. The molecule has 2 aromatic rings. The van der Waals surface area contributed by atoms with Gasteiger partial charge in [-0.3, -0.25) is 14.6 Å². The maximum absolute atomic E-state index is 12.4. The highest BCUT2D eigenvalue weighted by atomic mass is 32.2. The third-order valence-electron chi connectivity index (χ3n) is 4.30. The van der Waals surface area contributed by atoms with Crippen LogP contribution in [-0.2, 0) is 12.0 Å². The summed E-state index contributed by atoms with van der Waals surface area (Å²) in [5, 5.41) is 0.588. The van der Waals surface area contributed by atoms with Crippen molar-refractivity contribution in [1.82, 2.24) is 9.97 Å². The quantitative estimate of drug-likeness (QED) is 0.773. The summed E-state index contributed by atoms with van der Waals surface area (Å²) in [5.41, 5.74) is 12.8. The molecule has 0 bridgehead atoms. The minimum Gasteiger partial charge on any atom is -0.379 e. The Morgan fingerprint density at radius 2 is 1.96 bits per heavy atom. The molecule has 1 aliphatic rings. The van der Waals surface area contributed by atoms with E-state index >= 15 is 0 Å². The average molecular weight is 369 g/mol. The summed E-state index contributed by atoms with van der Waals surface area (Å²) in [6, 6.07) is 7.79.